The molecule has 0 bridgehead atoms. The average molecular weight is 306 g/mol. The van der Waals surface area contributed by atoms with Crippen molar-refractivity contribution in [2.24, 2.45) is 23.5 Å². The molecule has 0 aliphatic rings. The molecule has 4 atom stereocenters. The Morgan fingerprint density at radius 1 is 1.00 bits per heavy atom. The van der Waals surface area contributed by atoms with Gasteiger partial charge in [0, 0.05) is 13.2 Å². The Balaban J connectivity index is 2.42. The van der Waals surface area contributed by atoms with Crippen LogP contribution in [0.5, 0.6) is 0 Å². The van der Waals surface area contributed by atoms with Gasteiger partial charge in [0.15, 0.2) is 0 Å². The first-order chi connectivity index (χ1) is 10.4. The van der Waals surface area contributed by atoms with Crippen molar-refractivity contribution in [2.75, 3.05) is 7.11 Å². The van der Waals surface area contributed by atoms with Gasteiger partial charge in [-0.05, 0) is 49.0 Å². The van der Waals surface area contributed by atoms with Gasteiger partial charge in [-0.25, -0.2) is 0 Å². The molecule has 2 heteroatoms. The number of nitrogens with two attached hydrogens (primary N) is 1. The van der Waals surface area contributed by atoms with Crippen LogP contribution in [0.3, 0.4) is 0 Å². The lowest BCUT2D eigenvalue weighted by molar-refractivity contribution is 0.0493. The van der Waals surface area contributed by atoms with Gasteiger partial charge in [0.25, 0.3) is 0 Å². The third-order valence-corrected chi connectivity index (χ3v) is 4.84. The van der Waals surface area contributed by atoms with E-state index in [2.05, 4.69) is 58.0 Å². The molecule has 126 valence electrons. The standard InChI is InChI=1S/C20H35NO/c1-15(2)19(21)12-11-16(3)13-17(4)20(22-5)14-18-9-7-6-8-10-18/h6-10,15-17,19-20H,11-14,21H2,1-5H3/t16?,17-,19-,20-/m0/s1. The molecular formula is C20H35NO. The molecule has 0 aliphatic carbocycles. The first-order valence-electron chi connectivity index (χ1n) is 8.76. The summed E-state index contributed by atoms with van der Waals surface area (Å²) in [5.41, 5.74) is 7.52. The summed E-state index contributed by atoms with van der Waals surface area (Å²) in [6, 6.07) is 11.0. The summed E-state index contributed by atoms with van der Waals surface area (Å²) in [6.45, 7) is 9.08. The molecule has 0 fully saturated rings. The van der Waals surface area contributed by atoms with Crippen molar-refractivity contribution < 1.29 is 4.74 Å². The Hall–Kier alpha value is -0.860. The highest BCUT2D eigenvalue weighted by Gasteiger charge is 2.20. The quantitative estimate of drug-likeness (QED) is 0.682. The summed E-state index contributed by atoms with van der Waals surface area (Å²) in [5.74, 6) is 1.85. The number of ether oxygens (including phenoxy) is 1. The van der Waals surface area contributed by atoms with Crippen LogP contribution in [0.1, 0.15) is 52.5 Å². The normalized spacial score (nSPS) is 17.2. The Kier molecular flexibility index (Phi) is 8.74. The molecule has 0 saturated carbocycles. The summed E-state index contributed by atoms with van der Waals surface area (Å²) in [4.78, 5) is 0. The third kappa shape index (κ3) is 6.93. The second-order valence-electron chi connectivity index (χ2n) is 7.27. The molecule has 0 aliphatic heterocycles. The lowest BCUT2D eigenvalue weighted by Crippen LogP contribution is -2.28. The van der Waals surface area contributed by atoms with Gasteiger partial charge in [-0.2, -0.15) is 0 Å². The monoisotopic (exact) mass is 305 g/mol. The van der Waals surface area contributed by atoms with Gasteiger partial charge in [0.05, 0.1) is 6.10 Å². The van der Waals surface area contributed by atoms with E-state index in [1.165, 1.54) is 18.4 Å². The molecule has 1 aromatic carbocycles. The van der Waals surface area contributed by atoms with Crippen LogP contribution in [0.4, 0.5) is 0 Å². The summed E-state index contributed by atoms with van der Waals surface area (Å²) in [6.07, 6.45) is 4.84. The second kappa shape index (κ2) is 10.0. The zero-order chi connectivity index (χ0) is 16.5. The van der Waals surface area contributed by atoms with Gasteiger partial charge in [0.1, 0.15) is 0 Å². The largest absolute Gasteiger partial charge is 0.381 e. The number of hydrogen-bond acceptors (Lipinski definition) is 2. The predicted octanol–water partition coefficient (Wildman–Crippen LogP) is 4.67. The van der Waals surface area contributed by atoms with Gasteiger partial charge in [-0.1, -0.05) is 58.0 Å². The molecule has 1 rings (SSSR count). The van der Waals surface area contributed by atoms with Crippen LogP contribution < -0.4 is 5.73 Å². The highest BCUT2D eigenvalue weighted by Crippen LogP contribution is 2.24. The maximum absolute atomic E-state index is 6.16. The van der Waals surface area contributed by atoms with Crippen LogP contribution in [-0.2, 0) is 11.2 Å². The molecule has 0 aromatic heterocycles. The Morgan fingerprint density at radius 3 is 2.18 bits per heavy atom. The SMILES string of the molecule is CO[C@@H](Cc1ccccc1)[C@@H](C)CC(C)CC[C@H](N)C(C)C. The van der Waals surface area contributed by atoms with E-state index in [1.54, 1.807) is 0 Å². The molecule has 1 unspecified atom stereocenters. The second-order valence-corrected chi connectivity index (χ2v) is 7.27. The van der Waals surface area contributed by atoms with Gasteiger partial charge in [0.2, 0.25) is 0 Å². The number of methoxy groups -OCH3 is 1. The summed E-state index contributed by atoms with van der Waals surface area (Å²) < 4.78 is 5.76. The molecule has 2 nitrogen and oxygen atoms in total. The topological polar surface area (TPSA) is 35.2 Å². The zero-order valence-corrected chi connectivity index (χ0v) is 15.1. The van der Waals surface area contributed by atoms with E-state index in [1.807, 2.05) is 7.11 Å². The lowest BCUT2D eigenvalue weighted by Gasteiger charge is -2.26. The molecule has 0 radical (unpaired) electrons. The highest BCUT2D eigenvalue weighted by atomic mass is 16.5. The number of rotatable bonds is 10. The Labute approximate surface area is 137 Å². The van der Waals surface area contributed by atoms with E-state index in [-0.39, 0.29) is 0 Å². The minimum atomic E-state index is 0.295. The molecule has 2 N–H and O–H groups in total. The lowest BCUT2D eigenvalue weighted by atomic mass is 9.86. The fourth-order valence-electron chi connectivity index (χ4n) is 3.08. The zero-order valence-electron chi connectivity index (χ0n) is 15.1. The van der Waals surface area contributed by atoms with Gasteiger partial charge < -0.3 is 10.5 Å². The van der Waals surface area contributed by atoms with Crippen LogP contribution in [0.15, 0.2) is 30.3 Å². The Bertz CT molecular complexity index is 390. The molecule has 22 heavy (non-hydrogen) atoms. The van der Waals surface area contributed by atoms with Crippen molar-refractivity contribution in [2.45, 2.75) is 65.5 Å². The molecule has 0 amide bonds. The fourth-order valence-corrected chi connectivity index (χ4v) is 3.08. The minimum absolute atomic E-state index is 0.295. The summed E-state index contributed by atoms with van der Waals surface area (Å²) in [7, 11) is 1.84. The highest BCUT2D eigenvalue weighted by molar-refractivity contribution is 5.15. The first kappa shape index (κ1) is 19.2. The first-order valence-corrected chi connectivity index (χ1v) is 8.76. The maximum Gasteiger partial charge on any atom is 0.0637 e. The van der Waals surface area contributed by atoms with E-state index in [0.717, 1.165) is 12.8 Å². The third-order valence-electron chi connectivity index (χ3n) is 4.84. The predicted molar refractivity (Wildman–Crippen MR) is 95.9 cm³/mol. The molecular weight excluding hydrogens is 270 g/mol. The fraction of sp³-hybridized carbons (Fsp3) is 0.700. The number of benzene rings is 1. The van der Waals surface area contributed by atoms with E-state index in [9.17, 15) is 0 Å². The minimum Gasteiger partial charge on any atom is -0.381 e. The van der Waals surface area contributed by atoms with Gasteiger partial charge >= 0.3 is 0 Å². The van der Waals surface area contributed by atoms with E-state index < -0.39 is 0 Å². The van der Waals surface area contributed by atoms with Crippen molar-refractivity contribution in [3.05, 3.63) is 35.9 Å². The van der Waals surface area contributed by atoms with Gasteiger partial charge in [-0.15, -0.1) is 0 Å². The molecule has 0 spiro atoms. The van der Waals surface area contributed by atoms with E-state index >= 15 is 0 Å². The molecule has 0 saturated heterocycles. The van der Waals surface area contributed by atoms with E-state index in [0.29, 0.717) is 29.9 Å². The molecule has 0 heterocycles. The van der Waals surface area contributed by atoms with Crippen molar-refractivity contribution in [3.8, 4) is 0 Å². The van der Waals surface area contributed by atoms with Crippen LogP contribution in [0, 0.1) is 17.8 Å². The Morgan fingerprint density at radius 2 is 1.64 bits per heavy atom. The van der Waals surface area contributed by atoms with Crippen molar-refractivity contribution in [3.63, 3.8) is 0 Å². The summed E-state index contributed by atoms with van der Waals surface area (Å²) >= 11 is 0. The maximum atomic E-state index is 6.16. The van der Waals surface area contributed by atoms with Crippen molar-refractivity contribution in [1.82, 2.24) is 0 Å². The number of hydrogen-bond donors (Lipinski definition) is 1. The van der Waals surface area contributed by atoms with Crippen LogP contribution in [0.25, 0.3) is 0 Å². The summed E-state index contributed by atoms with van der Waals surface area (Å²) in [5, 5.41) is 0. The van der Waals surface area contributed by atoms with Crippen LogP contribution in [-0.4, -0.2) is 19.3 Å². The smallest absolute Gasteiger partial charge is 0.0637 e. The van der Waals surface area contributed by atoms with Crippen molar-refractivity contribution >= 4 is 0 Å². The van der Waals surface area contributed by atoms with Crippen LogP contribution >= 0.6 is 0 Å². The average Bonchev–Trinajstić information content (AvgIpc) is 2.50. The van der Waals surface area contributed by atoms with Gasteiger partial charge in [-0.3, -0.25) is 0 Å². The molecule has 1 aromatic rings. The van der Waals surface area contributed by atoms with E-state index in [4.69, 9.17) is 10.5 Å². The van der Waals surface area contributed by atoms with Crippen LogP contribution in [0.2, 0.25) is 0 Å². The van der Waals surface area contributed by atoms with Crippen molar-refractivity contribution in [1.29, 1.82) is 0 Å².